The molecular weight excluding hydrogens is 304 g/mol. The Bertz CT molecular complexity index is 616. The first kappa shape index (κ1) is 16.5. The Morgan fingerprint density at radius 1 is 1.26 bits per heavy atom. The first-order chi connectivity index (χ1) is 11.0. The molecule has 0 saturated carbocycles. The molecular formula is C15H16N2O6. The number of imide groups is 2. The average Bonchev–Trinajstić information content (AvgIpc) is 2.95. The topological polar surface area (TPSA) is 102 Å². The normalized spacial score (nSPS) is 16.8. The molecule has 0 radical (unpaired) electrons. The fourth-order valence-electron chi connectivity index (χ4n) is 2.18. The van der Waals surface area contributed by atoms with E-state index in [0.29, 0.717) is 0 Å². The van der Waals surface area contributed by atoms with Crippen molar-refractivity contribution in [2.45, 2.75) is 25.5 Å². The van der Waals surface area contributed by atoms with Gasteiger partial charge in [0, 0.05) is 6.42 Å². The van der Waals surface area contributed by atoms with Crippen molar-refractivity contribution in [2.24, 2.45) is 0 Å². The quantitative estimate of drug-likeness (QED) is 0.897. The van der Waals surface area contributed by atoms with Crippen molar-refractivity contribution in [3.05, 3.63) is 35.9 Å². The number of rotatable bonds is 3. The van der Waals surface area contributed by atoms with Crippen LogP contribution in [0.3, 0.4) is 0 Å². The zero-order chi connectivity index (χ0) is 16.8. The number of ether oxygens (including phenoxy) is 2. The number of likely N-dealkylation sites (tertiary alicyclic amines) is 1. The molecule has 1 unspecified atom stereocenters. The van der Waals surface area contributed by atoms with Crippen LogP contribution in [0.2, 0.25) is 0 Å². The number of nitrogens with one attached hydrogen (secondary N) is 1. The first-order valence-electron chi connectivity index (χ1n) is 6.94. The largest absolute Gasteiger partial charge is 0.453 e. The maximum atomic E-state index is 12.1. The van der Waals surface area contributed by atoms with E-state index in [0.717, 1.165) is 17.6 Å². The molecule has 1 fully saturated rings. The minimum absolute atomic E-state index is 0.0191. The van der Waals surface area contributed by atoms with Gasteiger partial charge in [-0.25, -0.2) is 14.5 Å². The second-order valence-corrected chi connectivity index (χ2v) is 4.84. The minimum Gasteiger partial charge on any atom is -0.453 e. The summed E-state index contributed by atoms with van der Waals surface area (Å²) in [6.07, 6.45) is -1.71. The van der Waals surface area contributed by atoms with Crippen LogP contribution < -0.4 is 5.32 Å². The van der Waals surface area contributed by atoms with E-state index < -0.39 is 30.0 Å². The lowest BCUT2D eigenvalue weighted by Crippen LogP contribution is -2.49. The summed E-state index contributed by atoms with van der Waals surface area (Å²) in [4.78, 5) is 47.7. The third-order valence-electron chi connectivity index (χ3n) is 3.33. The highest BCUT2D eigenvalue weighted by atomic mass is 16.6. The first-order valence-corrected chi connectivity index (χ1v) is 6.94. The number of hydrogen-bond acceptors (Lipinski definition) is 6. The summed E-state index contributed by atoms with van der Waals surface area (Å²) in [5.74, 6) is -1.30. The Hall–Kier alpha value is -2.90. The summed E-state index contributed by atoms with van der Waals surface area (Å²) in [6.45, 7) is -0.0191. The summed E-state index contributed by atoms with van der Waals surface area (Å²) < 4.78 is 9.38. The third-order valence-corrected chi connectivity index (χ3v) is 3.33. The average molecular weight is 320 g/mol. The Kier molecular flexibility index (Phi) is 5.29. The molecule has 1 heterocycles. The van der Waals surface area contributed by atoms with Gasteiger partial charge in [0.05, 0.1) is 7.11 Å². The second-order valence-electron chi connectivity index (χ2n) is 4.84. The van der Waals surface area contributed by atoms with Gasteiger partial charge in [-0.15, -0.1) is 0 Å². The number of hydrogen-bond donors (Lipinski definition) is 1. The van der Waals surface area contributed by atoms with Crippen molar-refractivity contribution in [3.8, 4) is 0 Å². The van der Waals surface area contributed by atoms with E-state index in [1.807, 2.05) is 11.4 Å². The van der Waals surface area contributed by atoms with Crippen LogP contribution in [0.1, 0.15) is 18.4 Å². The molecule has 2 rings (SSSR count). The van der Waals surface area contributed by atoms with E-state index >= 15 is 0 Å². The summed E-state index contributed by atoms with van der Waals surface area (Å²) in [5.41, 5.74) is 0.753. The highest BCUT2D eigenvalue weighted by Crippen LogP contribution is 2.20. The maximum absolute atomic E-state index is 12.1. The Morgan fingerprint density at radius 2 is 1.96 bits per heavy atom. The van der Waals surface area contributed by atoms with Crippen LogP contribution in [0.25, 0.3) is 0 Å². The van der Waals surface area contributed by atoms with Gasteiger partial charge in [0.15, 0.2) is 0 Å². The van der Waals surface area contributed by atoms with E-state index in [2.05, 4.69) is 4.74 Å². The van der Waals surface area contributed by atoms with Crippen molar-refractivity contribution < 1.29 is 28.7 Å². The van der Waals surface area contributed by atoms with Crippen LogP contribution in [0.5, 0.6) is 0 Å². The molecule has 1 aliphatic heterocycles. The number of alkyl carbamates (subject to hydrolysis) is 1. The summed E-state index contributed by atoms with van der Waals surface area (Å²) >= 11 is 0. The van der Waals surface area contributed by atoms with Crippen molar-refractivity contribution in [3.63, 3.8) is 0 Å². The van der Waals surface area contributed by atoms with Gasteiger partial charge in [0.2, 0.25) is 5.91 Å². The predicted octanol–water partition coefficient (Wildman–Crippen LogP) is 1.20. The molecule has 8 heteroatoms. The van der Waals surface area contributed by atoms with Gasteiger partial charge in [0.1, 0.15) is 12.6 Å². The fraction of sp³-hybridized carbons (Fsp3) is 0.333. The summed E-state index contributed by atoms with van der Waals surface area (Å²) in [6, 6.07) is 7.85. The number of carbonyl (C=O) groups excluding carboxylic acids is 4. The lowest BCUT2D eigenvalue weighted by Gasteiger charge is -2.21. The van der Waals surface area contributed by atoms with Crippen molar-refractivity contribution in [1.29, 1.82) is 0 Å². The van der Waals surface area contributed by atoms with Crippen LogP contribution in [0.15, 0.2) is 30.3 Å². The molecule has 23 heavy (non-hydrogen) atoms. The van der Waals surface area contributed by atoms with Gasteiger partial charge >= 0.3 is 12.2 Å². The highest BCUT2D eigenvalue weighted by molar-refractivity contribution is 6.03. The number of methoxy groups -OCH3 is 1. The number of nitrogens with zero attached hydrogens (tertiary/aromatic N) is 1. The van der Waals surface area contributed by atoms with Crippen LogP contribution in [-0.4, -0.2) is 42.1 Å². The Labute approximate surface area is 132 Å². The lowest BCUT2D eigenvalue weighted by molar-refractivity contribution is -0.133. The standard InChI is InChI=1S/C15H16N2O6/c1-22-14(20)16-13(19)11-7-8-12(18)17(11)15(21)23-9-10-5-3-2-4-6-10/h2-6,11H,7-9H2,1H3,(H,16,19,20). The van der Waals surface area contributed by atoms with Gasteiger partial charge < -0.3 is 9.47 Å². The van der Waals surface area contributed by atoms with Crippen LogP contribution >= 0.6 is 0 Å². The SMILES string of the molecule is COC(=O)NC(=O)C1CCC(=O)N1C(=O)OCc1ccccc1. The number of benzene rings is 1. The summed E-state index contributed by atoms with van der Waals surface area (Å²) in [7, 11) is 1.11. The molecule has 1 aromatic carbocycles. The molecule has 4 amide bonds. The highest BCUT2D eigenvalue weighted by Gasteiger charge is 2.41. The van der Waals surface area contributed by atoms with Crippen LogP contribution in [-0.2, 0) is 25.7 Å². The van der Waals surface area contributed by atoms with Crippen molar-refractivity contribution in [2.75, 3.05) is 7.11 Å². The molecule has 1 aliphatic rings. The molecule has 1 saturated heterocycles. The molecule has 0 aromatic heterocycles. The van der Waals surface area contributed by atoms with E-state index in [1.165, 1.54) is 0 Å². The van der Waals surface area contributed by atoms with E-state index in [4.69, 9.17) is 4.74 Å². The van der Waals surface area contributed by atoms with Gasteiger partial charge in [-0.3, -0.25) is 14.9 Å². The van der Waals surface area contributed by atoms with Gasteiger partial charge in [-0.1, -0.05) is 30.3 Å². The lowest BCUT2D eigenvalue weighted by atomic mass is 10.2. The number of carbonyl (C=O) groups is 4. The molecule has 0 aliphatic carbocycles. The minimum atomic E-state index is -1.08. The molecule has 1 N–H and O–H groups in total. The van der Waals surface area contributed by atoms with Crippen LogP contribution in [0.4, 0.5) is 9.59 Å². The zero-order valence-corrected chi connectivity index (χ0v) is 12.5. The predicted molar refractivity (Wildman–Crippen MR) is 77.0 cm³/mol. The van der Waals surface area contributed by atoms with Gasteiger partial charge in [-0.2, -0.15) is 0 Å². The van der Waals surface area contributed by atoms with E-state index in [-0.39, 0.29) is 19.4 Å². The molecule has 122 valence electrons. The molecule has 1 atom stereocenters. The molecule has 0 bridgehead atoms. The Balaban J connectivity index is 1.99. The summed E-state index contributed by atoms with van der Waals surface area (Å²) in [5, 5.41) is 1.95. The van der Waals surface area contributed by atoms with E-state index in [1.54, 1.807) is 24.3 Å². The van der Waals surface area contributed by atoms with Gasteiger partial charge in [-0.05, 0) is 12.0 Å². The third kappa shape index (κ3) is 4.06. The Morgan fingerprint density at radius 3 is 2.61 bits per heavy atom. The zero-order valence-electron chi connectivity index (χ0n) is 12.5. The van der Waals surface area contributed by atoms with E-state index in [9.17, 15) is 19.2 Å². The molecule has 0 spiro atoms. The van der Waals surface area contributed by atoms with Crippen molar-refractivity contribution in [1.82, 2.24) is 10.2 Å². The second kappa shape index (κ2) is 7.39. The van der Waals surface area contributed by atoms with Gasteiger partial charge in [0.25, 0.3) is 5.91 Å². The number of amides is 4. The monoisotopic (exact) mass is 320 g/mol. The van der Waals surface area contributed by atoms with Crippen molar-refractivity contribution >= 4 is 24.0 Å². The fourth-order valence-corrected chi connectivity index (χ4v) is 2.18. The molecule has 8 nitrogen and oxygen atoms in total. The van der Waals surface area contributed by atoms with Crippen LogP contribution in [0, 0.1) is 0 Å². The molecule has 1 aromatic rings. The maximum Gasteiger partial charge on any atom is 0.417 e. The smallest absolute Gasteiger partial charge is 0.417 e.